The molecule has 0 spiro atoms. The predicted octanol–water partition coefficient (Wildman–Crippen LogP) is 2.22. The van der Waals surface area contributed by atoms with E-state index in [1.54, 1.807) is 9.80 Å². The molecular weight excluding hydrogens is 340 g/mol. The van der Waals surface area contributed by atoms with Gasteiger partial charge < -0.3 is 14.4 Å². The van der Waals surface area contributed by atoms with Crippen LogP contribution in [0.15, 0.2) is 36.7 Å². The van der Waals surface area contributed by atoms with Crippen molar-refractivity contribution in [1.29, 1.82) is 0 Å². The largest absolute Gasteiger partial charge is 0.357 e. The van der Waals surface area contributed by atoms with Gasteiger partial charge in [0.1, 0.15) is 0 Å². The summed E-state index contributed by atoms with van der Waals surface area (Å²) in [6, 6.07) is 5.07. The zero-order chi connectivity index (χ0) is 18.7. The van der Waals surface area contributed by atoms with Gasteiger partial charge in [-0.2, -0.15) is 0 Å². The molecule has 26 heavy (non-hydrogen) atoms. The summed E-state index contributed by atoms with van der Waals surface area (Å²) in [5.74, 6) is -2.33. The highest BCUT2D eigenvalue weighted by atomic mass is 19.2. The molecule has 0 unspecified atom stereocenters. The molecule has 0 bridgehead atoms. The fourth-order valence-corrected chi connectivity index (χ4v) is 3.13. The van der Waals surface area contributed by atoms with Crippen LogP contribution in [0.2, 0.25) is 0 Å². The van der Waals surface area contributed by atoms with E-state index in [2.05, 4.69) is 0 Å². The van der Waals surface area contributed by atoms with Crippen molar-refractivity contribution in [1.82, 2.24) is 14.4 Å². The van der Waals surface area contributed by atoms with Crippen molar-refractivity contribution in [3.8, 4) is 0 Å². The number of amides is 2. The van der Waals surface area contributed by atoms with Gasteiger partial charge in [0.25, 0.3) is 5.91 Å². The molecule has 5 nitrogen and oxygen atoms in total. The maximum absolute atomic E-state index is 13.4. The Labute approximate surface area is 150 Å². The second-order valence-electron chi connectivity index (χ2n) is 6.52. The van der Waals surface area contributed by atoms with Crippen LogP contribution >= 0.6 is 0 Å². The van der Waals surface area contributed by atoms with Gasteiger partial charge in [0.2, 0.25) is 5.91 Å². The Bertz CT molecular complexity index is 819. The molecule has 3 rings (SSSR count). The molecule has 0 radical (unpaired) electrons. The van der Waals surface area contributed by atoms with Gasteiger partial charge in [0, 0.05) is 51.2 Å². The van der Waals surface area contributed by atoms with Crippen molar-refractivity contribution in [2.24, 2.45) is 7.05 Å². The lowest BCUT2D eigenvalue weighted by Crippen LogP contribution is -2.38. The lowest BCUT2D eigenvalue weighted by atomic mass is 10.2. The van der Waals surface area contributed by atoms with Crippen LogP contribution < -0.4 is 0 Å². The summed E-state index contributed by atoms with van der Waals surface area (Å²) in [5, 5.41) is 0. The van der Waals surface area contributed by atoms with Crippen LogP contribution in [0.4, 0.5) is 8.78 Å². The molecular formula is C19H21F2N3O2. The first kappa shape index (κ1) is 18.1. The molecule has 2 aromatic rings. The van der Waals surface area contributed by atoms with Crippen LogP contribution in [0.3, 0.4) is 0 Å². The van der Waals surface area contributed by atoms with E-state index in [0.29, 0.717) is 39.0 Å². The lowest BCUT2D eigenvalue weighted by Gasteiger charge is -2.22. The number of rotatable bonds is 3. The third kappa shape index (κ3) is 4.09. The zero-order valence-electron chi connectivity index (χ0n) is 14.6. The molecule has 2 heterocycles. The molecule has 1 aromatic heterocycles. The fourth-order valence-electron chi connectivity index (χ4n) is 3.13. The van der Waals surface area contributed by atoms with Crippen LogP contribution in [0, 0.1) is 11.6 Å². The van der Waals surface area contributed by atoms with Crippen molar-refractivity contribution in [3.63, 3.8) is 0 Å². The first-order valence-electron chi connectivity index (χ1n) is 8.57. The minimum absolute atomic E-state index is 0.0262. The topological polar surface area (TPSA) is 45.6 Å². The highest BCUT2D eigenvalue weighted by molar-refractivity contribution is 5.94. The number of aryl methyl sites for hydroxylation is 1. The molecule has 1 aliphatic rings. The summed E-state index contributed by atoms with van der Waals surface area (Å²) < 4.78 is 28.3. The number of hydrogen-bond acceptors (Lipinski definition) is 2. The summed E-state index contributed by atoms with van der Waals surface area (Å²) >= 11 is 0. The van der Waals surface area contributed by atoms with E-state index in [1.165, 1.54) is 6.07 Å². The Morgan fingerprint density at radius 2 is 1.73 bits per heavy atom. The van der Waals surface area contributed by atoms with E-state index >= 15 is 0 Å². The van der Waals surface area contributed by atoms with Crippen LogP contribution in [-0.2, 0) is 18.3 Å². The Balaban J connectivity index is 1.61. The maximum Gasteiger partial charge on any atom is 0.254 e. The van der Waals surface area contributed by atoms with E-state index in [-0.39, 0.29) is 17.4 Å². The second-order valence-corrected chi connectivity index (χ2v) is 6.52. The number of carbonyl (C=O) groups is 2. The van der Waals surface area contributed by atoms with Gasteiger partial charge in [-0.1, -0.05) is 0 Å². The van der Waals surface area contributed by atoms with E-state index in [1.807, 2.05) is 30.1 Å². The van der Waals surface area contributed by atoms with Gasteiger partial charge in [-0.25, -0.2) is 8.78 Å². The molecule has 2 amide bonds. The third-order valence-corrected chi connectivity index (χ3v) is 4.55. The highest BCUT2D eigenvalue weighted by Gasteiger charge is 2.23. The standard InChI is InChI=1S/C19H21F2N3O2/c1-22-8-5-14(13-22)11-18(25)23-6-2-7-24(10-9-23)19(26)15-3-4-16(20)17(21)12-15/h3-5,8,12-13H,2,6-7,9-11H2,1H3. The minimum Gasteiger partial charge on any atom is -0.357 e. The van der Waals surface area contributed by atoms with E-state index in [4.69, 9.17) is 0 Å². The number of halogens is 2. The monoisotopic (exact) mass is 361 g/mol. The molecule has 1 fully saturated rings. The normalized spacial score (nSPS) is 15.0. The summed E-state index contributed by atoms with van der Waals surface area (Å²) in [5.41, 5.74) is 1.07. The Kier molecular flexibility index (Phi) is 5.35. The maximum atomic E-state index is 13.4. The fraction of sp³-hybridized carbons (Fsp3) is 0.368. The third-order valence-electron chi connectivity index (χ3n) is 4.55. The van der Waals surface area contributed by atoms with Gasteiger partial charge in [0.05, 0.1) is 6.42 Å². The van der Waals surface area contributed by atoms with Crippen molar-refractivity contribution < 1.29 is 18.4 Å². The van der Waals surface area contributed by atoms with Crippen molar-refractivity contribution in [2.75, 3.05) is 26.2 Å². The number of aromatic nitrogens is 1. The molecule has 138 valence electrons. The molecule has 0 N–H and O–H groups in total. The molecule has 1 aliphatic heterocycles. The SMILES string of the molecule is Cn1ccc(CC(=O)N2CCCN(C(=O)c3ccc(F)c(F)c3)CC2)c1. The van der Waals surface area contributed by atoms with Gasteiger partial charge in [0.15, 0.2) is 11.6 Å². The van der Waals surface area contributed by atoms with Crippen LogP contribution in [0.1, 0.15) is 22.3 Å². The first-order chi connectivity index (χ1) is 12.4. The average molecular weight is 361 g/mol. The van der Waals surface area contributed by atoms with Crippen LogP contribution in [0.5, 0.6) is 0 Å². The predicted molar refractivity (Wildman–Crippen MR) is 92.6 cm³/mol. The van der Waals surface area contributed by atoms with E-state index in [9.17, 15) is 18.4 Å². The number of benzene rings is 1. The Morgan fingerprint density at radius 1 is 1.00 bits per heavy atom. The average Bonchev–Trinajstić information content (AvgIpc) is 2.87. The number of hydrogen-bond donors (Lipinski definition) is 0. The van der Waals surface area contributed by atoms with Gasteiger partial charge in [-0.15, -0.1) is 0 Å². The Hall–Kier alpha value is -2.70. The summed E-state index contributed by atoms with van der Waals surface area (Å²) in [6.45, 7) is 1.86. The zero-order valence-corrected chi connectivity index (χ0v) is 14.6. The van der Waals surface area contributed by atoms with Crippen LogP contribution in [0.25, 0.3) is 0 Å². The van der Waals surface area contributed by atoms with E-state index < -0.39 is 11.6 Å². The molecule has 0 atom stereocenters. The van der Waals surface area contributed by atoms with Crippen LogP contribution in [-0.4, -0.2) is 52.4 Å². The minimum atomic E-state index is -1.04. The van der Waals surface area contributed by atoms with E-state index in [0.717, 1.165) is 17.7 Å². The molecule has 0 aliphatic carbocycles. The second kappa shape index (κ2) is 7.68. The van der Waals surface area contributed by atoms with Crippen molar-refractivity contribution in [2.45, 2.75) is 12.8 Å². The van der Waals surface area contributed by atoms with Gasteiger partial charge in [-0.3, -0.25) is 9.59 Å². The highest BCUT2D eigenvalue weighted by Crippen LogP contribution is 2.14. The first-order valence-corrected chi connectivity index (χ1v) is 8.57. The van der Waals surface area contributed by atoms with Crippen molar-refractivity contribution >= 4 is 11.8 Å². The molecule has 7 heteroatoms. The quantitative estimate of drug-likeness (QED) is 0.842. The smallest absolute Gasteiger partial charge is 0.254 e. The van der Waals surface area contributed by atoms with Gasteiger partial charge >= 0.3 is 0 Å². The molecule has 0 saturated carbocycles. The molecule has 1 saturated heterocycles. The summed E-state index contributed by atoms with van der Waals surface area (Å²) in [7, 11) is 1.90. The van der Waals surface area contributed by atoms with Crippen molar-refractivity contribution in [3.05, 3.63) is 59.4 Å². The Morgan fingerprint density at radius 3 is 2.42 bits per heavy atom. The number of carbonyl (C=O) groups excluding carboxylic acids is 2. The summed E-state index contributed by atoms with van der Waals surface area (Å²) in [4.78, 5) is 28.3. The molecule has 1 aromatic carbocycles. The van der Waals surface area contributed by atoms with Gasteiger partial charge in [-0.05, 0) is 36.2 Å². The summed E-state index contributed by atoms with van der Waals surface area (Å²) in [6.07, 6.45) is 4.79. The lowest BCUT2D eigenvalue weighted by molar-refractivity contribution is -0.130. The number of nitrogens with zero attached hydrogens (tertiary/aromatic N) is 3.